The van der Waals surface area contributed by atoms with Crippen LogP contribution in [0.1, 0.15) is 64.2 Å². The second-order valence-corrected chi connectivity index (χ2v) is 10.9. The molecule has 1 aromatic heterocycles. The Labute approximate surface area is 216 Å². The maximum absolute atomic E-state index is 9.19. The number of aliphatic hydroxyl groups is 2. The molecule has 0 spiro atoms. The first-order chi connectivity index (χ1) is 17.5. The highest BCUT2D eigenvalue weighted by Gasteiger charge is 2.22. The van der Waals surface area contributed by atoms with Crippen molar-refractivity contribution in [1.82, 2.24) is 25.5 Å². The van der Waals surface area contributed by atoms with Crippen LogP contribution in [0.4, 0.5) is 17.6 Å². The predicted octanol–water partition coefficient (Wildman–Crippen LogP) is 1.36. The Bertz CT molecular complexity index is 760. The lowest BCUT2D eigenvalue weighted by molar-refractivity contribution is -0.0618. The van der Waals surface area contributed by atoms with Gasteiger partial charge in [-0.3, -0.25) is 4.90 Å². The van der Waals surface area contributed by atoms with Crippen LogP contribution in [0.2, 0.25) is 0 Å². The molecule has 1 aliphatic heterocycles. The first kappa shape index (κ1) is 27.3. The molecule has 7 N–H and O–H groups in total. The van der Waals surface area contributed by atoms with E-state index in [1.807, 2.05) is 11.0 Å². The number of rotatable bonds is 12. The van der Waals surface area contributed by atoms with Crippen molar-refractivity contribution in [2.24, 2.45) is 5.92 Å². The van der Waals surface area contributed by atoms with E-state index >= 15 is 0 Å². The average Bonchev–Trinajstić information content (AvgIpc) is 2.88. The normalized spacial score (nSPS) is 24.4. The minimum Gasteiger partial charge on any atom is -0.383 e. The largest absolute Gasteiger partial charge is 0.383 e. The topological polar surface area (TPSA) is 135 Å². The summed E-state index contributed by atoms with van der Waals surface area (Å²) in [5, 5.41) is 29.3. The van der Waals surface area contributed by atoms with Crippen molar-refractivity contribution in [2.75, 3.05) is 68.3 Å². The summed E-state index contributed by atoms with van der Waals surface area (Å²) in [5.41, 5.74) is 6.09. The van der Waals surface area contributed by atoms with Gasteiger partial charge in [-0.2, -0.15) is 9.97 Å². The van der Waals surface area contributed by atoms with Crippen molar-refractivity contribution in [3.8, 4) is 0 Å². The fourth-order valence-corrected chi connectivity index (χ4v) is 5.90. The van der Waals surface area contributed by atoms with Crippen LogP contribution in [-0.4, -0.2) is 95.8 Å². The Kier molecular flexibility index (Phi) is 10.8. The van der Waals surface area contributed by atoms with Crippen LogP contribution in [-0.2, 0) is 0 Å². The number of piperazine rings is 1. The highest BCUT2D eigenvalue weighted by molar-refractivity contribution is 5.51. The third-order valence-corrected chi connectivity index (χ3v) is 8.07. The van der Waals surface area contributed by atoms with E-state index in [0.29, 0.717) is 23.7 Å². The maximum atomic E-state index is 9.19. The van der Waals surface area contributed by atoms with Crippen LogP contribution >= 0.6 is 0 Å². The third kappa shape index (κ3) is 8.99. The maximum Gasteiger partial charge on any atom is 0.226 e. The second-order valence-electron chi connectivity index (χ2n) is 10.9. The fraction of sp³-hybridized carbons (Fsp3) is 0.846. The summed E-state index contributed by atoms with van der Waals surface area (Å²) in [4.78, 5) is 13.4. The monoisotopic (exact) mass is 504 g/mol. The van der Waals surface area contributed by atoms with Crippen molar-refractivity contribution in [2.45, 2.75) is 82.6 Å². The number of hydrogen-bond donors (Lipinski definition) is 6. The smallest absolute Gasteiger partial charge is 0.226 e. The molecule has 10 nitrogen and oxygen atoms in total. The van der Waals surface area contributed by atoms with Gasteiger partial charge in [-0.05, 0) is 64.0 Å². The molecule has 2 aliphatic carbocycles. The highest BCUT2D eigenvalue weighted by Crippen LogP contribution is 2.25. The molecule has 204 valence electrons. The van der Waals surface area contributed by atoms with E-state index in [4.69, 9.17) is 10.7 Å². The Hall–Kier alpha value is -1.72. The van der Waals surface area contributed by atoms with Crippen molar-refractivity contribution < 1.29 is 10.2 Å². The van der Waals surface area contributed by atoms with Crippen molar-refractivity contribution in [3.05, 3.63) is 6.07 Å². The van der Waals surface area contributed by atoms with Crippen LogP contribution < -0.4 is 26.6 Å². The van der Waals surface area contributed by atoms with Crippen LogP contribution in [0, 0.1) is 5.92 Å². The van der Waals surface area contributed by atoms with E-state index < -0.39 is 6.29 Å². The Balaban J connectivity index is 1.11. The molecule has 0 amide bonds. The highest BCUT2D eigenvalue weighted by atomic mass is 16.5. The van der Waals surface area contributed by atoms with Crippen LogP contribution in [0.5, 0.6) is 0 Å². The van der Waals surface area contributed by atoms with Gasteiger partial charge in [-0.25, -0.2) is 0 Å². The Morgan fingerprint density at radius 3 is 2.22 bits per heavy atom. The number of aliphatic hydroxyl groups excluding tert-OH is 1. The molecule has 1 saturated heterocycles. The zero-order chi connectivity index (χ0) is 25.2. The van der Waals surface area contributed by atoms with Gasteiger partial charge < -0.3 is 36.8 Å². The molecule has 3 fully saturated rings. The summed E-state index contributed by atoms with van der Waals surface area (Å²) in [7, 11) is 0. The molecule has 0 aromatic carbocycles. The molecule has 1 aromatic rings. The second kappa shape index (κ2) is 14.3. The molecular weight excluding hydrogens is 456 g/mol. The number of anilines is 3. The van der Waals surface area contributed by atoms with Gasteiger partial charge in [0.15, 0.2) is 6.29 Å². The van der Waals surface area contributed by atoms with Crippen LogP contribution in [0.25, 0.3) is 0 Å². The third-order valence-electron chi connectivity index (χ3n) is 8.07. The summed E-state index contributed by atoms with van der Waals surface area (Å²) in [6.07, 6.45) is 11.8. The minimum atomic E-state index is -1.29. The summed E-state index contributed by atoms with van der Waals surface area (Å²) in [5.74, 6) is 2.54. The minimum absolute atomic E-state index is 0.280. The quantitative estimate of drug-likeness (QED) is 0.183. The summed E-state index contributed by atoms with van der Waals surface area (Å²) < 4.78 is 0. The molecule has 0 unspecified atom stereocenters. The Morgan fingerprint density at radius 1 is 0.889 bits per heavy atom. The molecule has 0 bridgehead atoms. The number of nitrogens with zero attached hydrogens (tertiary/aromatic N) is 4. The molecular formula is C26H48N8O2. The van der Waals surface area contributed by atoms with E-state index in [-0.39, 0.29) is 6.54 Å². The Morgan fingerprint density at radius 2 is 1.56 bits per heavy atom. The molecule has 3 aliphatic rings. The predicted molar refractivity (Wildman–Crippen MR) is 145 cm³/mol. The molecule has 4 rings (SSSR count). The van der Waals surface area contributed by atoms with E-state index in [0.717, 1.165) is 57.7 Å². The van der Waals surface area contributed by atoms with E-state index in [1.165, 1.54) is 64.2 Å². The number of nitrogens with two attached hydrogens (primary N) is 1. The van der Waals surface area contributed by atoms with Gasteiger partial charge in [-0.1, -0.05) is 19.3 Å². The molecule has 36 heavy (non-hydrogen) atoms. The van der Waals surface area contributed by atoms with Crippen molar-refractivity contribution in [1.29, 1.82) is 0 Å². The molecule has 2 saturated carbocycles. The van der Waals surface area contributed by atoms with E-state index in [9.17, 15) is 10.2 Å². The first-order valence-electron chi connectivity index (χ1n) is 14.2. The molecule has 0 atom stereocenters. The molecule has 10 heteroatoms. The van der Waals surface area contributed by atoms with Crippen molar-refractivity contribution >= 4 is 17.6 Å². The van der Waals surface area contributed by atoms with Gasteiger partial charge in [-0.15, -0.1) is 0 Å². The van der Waals surface area contributed by atoms with Crippen LogP contribution in [0.15, 0.2) is 6.07 Å². The average molecular weight is 505 g/mol. The van der Waals surface area contributed by atoms with Crippen molar-refractivity contribution in [3.63, 3.8) is 0 Å². The number of β-amino-alcohol motifs (C(OH)–C–C–N with tert-alkyl or cyclic N) is 2. The lowest BCUT2D eigenvalue weighted by Crippen LogP contribution is -2.48. The van der Waals surface area contributed by atoms with E-state index in [2.05, 4.69) is 25.8 Å². The van der Waals surface area contributed by atoms with Gasteiger partial charge >= 0.3 is 0 Å². The summed E-state index contributed by atoms with van der Waals surface area (Å²) in [6.45, 7) is 6.48. The van der Waals surface area contributed by atoms with Gasteiger partial charge in [0.05, 0.1) is 0 Å². The summed E-state index contributed by atoms with van der Waals surface area (Å²) in [6, 6.07) is 3.24. The first-order valence-corrected chi connectivity index (χ1v) is 14.2. The molecule has 0 radical (unpaired) electrons. The van der Waals surface area contributed by atoms with E-state index in [1.54, 1.807) is 0 Å². The lowest BCUT2D eigenvalue weighted by Gasteiger charge is -2.35. The standard InChI is InChI=1S/C26H48N8O2/c27-23-17-24(34-15-13-33(14-16-34)19-25(35)36)32-26(31-23)30-18-20-7-9-22(10-8-20)29-12-4-11-28-21-5-2-1-3-6-21/h17,20-22,25,28-29,35-36H,1-16,18-19H2,(H3,27,30,31,32). The van der Waals surface area contributed by atoms with Gasteiger partial charge in [0.2, 0.25) is 5.95 Å². The van der Waals surface area contributed by atoms with Gasteiger partial charge in [0, 0.05) is 57.4 Å². The SMILES string of the molecule is Nc1cc(N2CCN(CC(O)O)CC2)nc(NCC2CCC(NCCCNC3CCCCC3)CC2)n1. The zero-order valence-electron chi connectivity index (χ0n) is 21.9. The zero-order valence-corrected chi connectivity index (χ0v) is 21.9. The fourth-order valence-electron chi connectivity index (χ4n) is 5.90. The number of aromatic nitrogens is 2. The number of nitrogen functional groups attached to an aromatic ring is 1. The van der Waals surface area contributed by atoms with Gasteiger partial charge in [0.1, 0.15) is 11.6 Å². The van der Waals surface area contributed by atoms with Crippen LogP contribution in [0.3, 0.4) is 0 Å². The van der Waals surface area contributed by atoms with Gasteiger partial charge in [0.25, 0.3) is 0 Å². The lowest BCUT2D eigenvalue weighted by atomic mass is 9.86. The number of nitrogens with one attached hydrogen (secondary N) is 3. The molecule has 2 heterocycles. The summed E-state index contributed by atoms with van der Waals surface area (Å²) >= 11 is 0. The number of hydrogen-bond acceptors (Lipinski definition) is 10.